The van der Waals surface area contributed by atoms with Crippen molar-refractivity contribution in [2.45, 2.75) is 20.8 Å². The lowest BCUT2D eigenvalue weighted by Crippen LogP contribution is -2.48. The fourth-order valence-corrected chi connectivity index (χ4v) is 1.53. The maximum atomic E-state index is 12.1. The fourth-order valence-electron chi connectivity index (χ4n) is 1.53. The minimum absolute atomic E-state index is 0.142. The van der Waals surface area contributed by atoms with Gasteiger partial charge in [0.05, 0.1) is 5.92 Å². The molecule has 0 spiro atoms. The second-order valence-corrected chi connectivity index (χ2v) is 4.81. The van der Waals surface area contributed by atoms with Crippen LogP contribution in [0, 0.1) is 11.3 Å². The summed E-state index contributed by atoms with van der Waals surface area (Å²) in [6, 6.07) is 0. The van der Waals surface area contributed by atoms with Gasteiger partial charge < -0.3 is 21.2 Å². The van der Waals surface area contributed by atoms with Crippen LogP contribution < -0.4 is 11.1 Å². The summed E-state index contributed by atoms with van der Waals surface area (Å²) in [6.45, 7) is 5.11. The number of carbonyl (C=O) groups excluding carboxylic acids is 2. The van der Waals surface area contributed by atoms with E-state index in [-0.39, 0.29) is 30.1 Å². The van der Waals surface area contributed by atoms with E-state index in [0.717, 1.165) is 0 Å². The Hall–Kier alpha value is -1.79. The molecule has 0 aromatic heterocycles. The third-order valence-electron chi connectivity index (χ3n) is 2.87. The van der Waals surface area contributed by atoms with E-state index in [1.54, 1.807) is 34.9 Å². The van der Waals surface area contributed by atoms with Gasteiger partial charge in [-0.1, -0.05) is 12.1 Å². The lowest BCUT2D eigenvalue weighted by atomic mass is 9.90. The van der Waals surface area contributed by atoms with Crippen LogP contribution in [0.25, 0.3) is 0 Å². The Morgan fingerprint density at radius 1 is 1.50 bits per heavy atom. The molecule has 4 N–H and O–H groups in total. The molecule has 0 saturated carbocycles. The summed E-state index contributed by atoms with van der Waals surface area (Å²) >= 11 is 0. The molecule has 1 unspecified atom stereocenters. The molecule has 7 heteroatoms. The first-order valence-corrected chi connectivity index (χ1v) is 5.63. The molecule has 0 aromatic rings. The third-order valence-corrected chi connectivity index (χ3v) is 2.87. The molecule has 7 nitrogen and oxygen atoms in total. The molecule has 0 aromatic carbocycles. The van der Waals surface area contributed by atoms with Gasteiger partial charge in [-0.2, -0.15) is 0 Å². The summed E-state index contributed by atoms with van der Waals surface area (Å²) in [4.78, 5) is 24.9. The Kier molecular flexibility index (Phi) is 5.61. The summed E-state index contributed by atoms with van der Waals surface area (Å²) in [7, 11) is 3.12. The number of nitrogens with zero attached hydrogens (tertiary/aromatic N) is 2. The van der Waals surface area contributed by atoms with Crippen molar-refractivity contribution in [2.24, 2.45) is 22.2 Å². The Balaban J connectivity index is 4.76. The van der Waals surface area contributed by atoms with Crippen LogP contribution in [-0.2, 0) is 9.59 Å². The number of rotatable bonds is 5. The SMILES string of the molecule is CNC(=O)C(C)CN(C)C(=O)C(C)(C)C(N)=NO. The van der Waals surface area contributed by atoms with Crippen molar-refractivity contribution in [3.8, 4) is 0 Å². The molecule has 18 heavy (non-hydrogen) atoms. The highest BCUT2D eigenvalue weighted by molar-refractivity contribution is 6.05. The second-order valence-electron chi connectivity index (χ2n) is 4.81. The molecule has 1 atom stereocenters. The predicted octanol–water partition coefficient (Wildman–Crippen LogP) is -0.400. The van der Waals surface area contributed by atoms with Crippen molar-refractivity contribution in [3.63, 3.8) is 0 Å². The Morgan fingerprint density at radius 2 is 2.00 bits per heavy atom. The highest BCUT2D eigenvalue weighted by atomic mass is 16.4. The first-order valence-electron chi connectivity index (χ1n) is 5.63. The lowest BCUT2D eigenvalue weighted by molar-refractivity contribution is -0.137. The van der Waals surface area contributed by atoms with E-state index >= 15 is 0 Å². The number of nitrogens with one attached hydrogen (secondary N) is 1. The van der Waals surface area contributed by atoms with Crippen LogP contribution in [0.2, 0.25) is 0 Å². The highest BCUT2D eigenvalue weighted by Gasteiger charge is 2.35. The summed E-state index contributed by atoms with van der Waals surface area (Å²) in [5, 5.41) is 14.0. The van der Waals surface area contributed by atoms with Gasteiger partial charge in [-0.3, -0.25) is 9.59 Å². The van der Waals surface area contributed by atoms with Crippen LogP contribution in [0.15, 0.2) is 5.16 Å². The first kappa shape index (κ1) is 16.2. The molecule has 0 aliphatic heterocycles. The largest absolute Gasteiger partial charge is 0.409 e. The van der Waals surface area contributed by atoms with E-state index in [4.69, 9.17) is 10.9 Å². The van der Waals surface area contributed by atoms with Crippen molar-refractivity contribution in [1.82, 2.24) is 10.2 Å². The zero-order chi connectivity index (χ0) is 14.5. The Bertz CT molecular complexity index is 352. The van der Waals surface area contributed by atoms with E-state index in [1.807, 2.05) is 0 Å². The second kappa shape index (κ2) is 6.23. The molecule has 0 aliphatic rings. The van der Waals surface area contributed by atoms with Crippen LogP contribution >= 0.6 is 0 Å². The van der Waals surface area contributed by atoms with Gasteiger partial charge in [-0.15, -0.1) is 0 Å². The zero-order valence-corrected chi connectivity index (χ0v) is 11.5. The summed E-state index contributed by atoms with van der Waals surface area (Å²) in [5.74, 6) is -0.941. The van der Waals surface area contributed by atoms with Crippen molar-refractivity contribution in [2.75, 3.05) is 20.6 Å². The monoisotopic (exact) mass is 258 g/mol. The lowest BCUT2D eigenvalue weighted by Gasteiger charge is -2.29. The quantitative estimate of drug-likeness (QED) is 0.270. The van der Waals surface area contributed by atoms with Crippen LogP contribution in [0.3, 0.4) is 0 Å². The molecule has 104 valence electrons. The van der Waals surface area contributed by atoms with Gasteiger partial charge in [0.1, 0.15) is 5.41 Å². The molecular weight excluding hydrogens is 236 g/mol. The van der Waals surface area contributed by atoms with E-state index in [9.17, 15) is 9.59 Å². The van der Waals surface area contributed by atoms with Crippen LogP contribution in [0.4, 0.5) is 0 Å². The summed E-state index contributed by atoms with van der Waals surface area (Å²) in [6.07, 6.45) is 0. The third kappa shape index (κ3) is 3.61. The topological polar surface area (TPSA) is 108 Å². The number of hydrogen-bond donors (Lipinski definition) is 3. The standard InChI is InChI=1S/C11H22N4O3/c1-7(8(16)13-4)6-15(5)10(17)11(2,3)9(12)14-18/h7,18H,6H2,1-5H3,(H2,12,14)(H,13,16). The van der Waals surface area contributed by atoms with Crippen molar-refractivity contribution in [1.29, 1.82) is 0 Å². The Labute approximate surface area is 107 Å². The number of oxime groups is 1. The number of hydrogen-bond acceptors (Lipinski definition) is 4. The minimum Gasteiger partial charge on any atom is -0.409 e. The highest BCUT2D eigenvalue weighted by Crippen LogP contribution is 2.19. The molecule has 0 fully saturated rings. The maximum Gasteiger partial charge on any atom is 0.235 e. The molecule has 0 aliphatic carbocycles. The molecule has 2 amide bonds. The van der Waals surface area contributed by atoms with Gasteiger partial charge in [0, 0.05) is 20.6 Å². The number of amides is 2. The maximum absolute atomic E-state index is 12.1. The van der Waals surface area contributed by atoms with E-state index in [2.05, 4.69) is 10.5 Å². The van der Waals surface area contributed by atoms with Crippen molar-refractivity contribution >= 4 is 17.6 Å². The van der Waals surface area contributed by atoms with Crippen LogP contribution in [0.1, 0.15) is 20.8 Å². The van der Waals surface area contributed by atoms with Gasteiger partial charge in [-0.25, -0.2) is 0 Å². The van der Waals surface area contributed by atoms with Gasteiger partial charge in [-0.05, 0) is 13.8 Å². The smallest absolute Gasteiger partial charge is 0.235 e. The molecule has 0 bridgehead atoms. The molecule has 0 heterocycles. The van der Waals surface area contributed by atoms with Gasteiger partial charge in [0.15, 0.2) is 5.84 Å². The van der Waals surface area contributed by atoms with Crippen molar-refractivity contribution < 1.29 is 14.8 Å². The number of carbonyl (C=O) groups is 2. The Morgan fingerprint density at radius 3 is 2.39 bits per heavy atom. The molecule has 0 radical (unpaired) electrons. The normalized spacial score (nSPS) is 13.9. The average Bonchev–Trinajstić information content (AvgIpc) is 2.34. The van der Waals surface area contributed by atoms with E-state index < -0.39 is 5.41 Å². The predicted molar refractivity (Wildman–Crippen MR) is 68.1 cm³/mol. The van der Waals surface area contributed by atoms with E-state index in [1.165, 1.54) is 4.90 Å². The fraction of sp³-hybridized carbons (Fsp3) is 0.727. The van der Waals surface area contributed by atoms with Gasteiger partial charge in [0.2, 0.25) is 11.8 Å². The first-order chi connectivity index (χ1) is 8.18. The minimum atomic E-state index is -1.11. The number of amidine groups is 1. The summed E-state index contributed by atoms with van der Waals surface area (Å²) < 4.78 is 0. The zero-order valence-electron chi connectivity index (χ0n) is 11.5. The molecular formula is C11H22N4O3. The summed E-state index contributed by atoms with van der Waals surface area (Å²) in [5.41, 5.74) is 4.37. The van der Waals surface area contributed by atoms with Gasteiger partial charge >= 0.3 is 0 Å². The van der Waals surface area contributed by atoms with Crippen LogP contribution in [0.5, 0.6) is 0 Å². The van der Waals surface area contributed by atoms with Crippen LogP contribution in [-0.4, -0.2) is 48.4 Å². The molecule has 0 saturated heterocycles. The number of nitrogens with two attached hydrogens (primary N) is 1. The van der Waals surface area contributed by atoms with Crippen molar-refractivity contribution in [3.05, 3.63) is 0 Å². The average molecular weight is 258 g/mol. The molecule has 0 rings (SSSR count). The van der Waals surface area contributed by atoms with Gasteiger partial charge in [0.25, 0.3) is 0 Å². The van der Waals surface area contributed by atoms with E-state index in [0.29, 0.717) is 0 Å².